The zero-order valence-electron chi connectivity index (χ0n) is 23.5. The van der Waals surface area contributed by atoms with E-state index in [0.717, 1.165) is 23.3 Å². The molecule has 2 atom stereocenters. The fourth-order valence-corrected chi connectivity index (χ4v) is 7.33. The molecule has 43 heavy (non-hydrogen) atoms. The van der Waals surface area contributed by atoms with Crippen LogP contribution in [0.25, 0.3) is 5.76 Å². The normalized spacial score (nSPS) is 19.0. The van der Waals surface area contributed by atoms with Gasteiger partial charge in [0.05, 0.1) is 18.2 Å². The average Bonchev–Trinajstić information content (AvgIpc) is 3.70. The minimum atomic E-state index is -0.942. The van der Waals surface area contributed by atoms with E-state index in [2.05, 4.69) is 10.2 Å². The number of thioether (sulfide) groups is 1. The van der Waals surface area contributed by atoms with Gasteiger partial charge in [0.15, 0.2) is 4.34 Å². The number of amides is 1. The SMILES string of the molecule is CCCOc1cccc([C@H]2C(=C(O)c3ccc4c(c3)C[C@@H](C)O4)C(=O)C(=O)N2c2nnc(SCc3ccccc3Cl)s2)c1. The Balaban J connectivity index is 1.40. The Morgan fingerprint density at radius 1 is 1.14 bits per heavy atom. The number of anilines is 1. The minimum Gasteiger partial charge on any atom is -0.507 e. The van der Waals surface area contributed by atoms with Gasteiger partial charge in [-0.2, -0.15) is 0 Å². The summed E-state index contributed by atoms with van der Waals surface area (Å²) in [4.78, 5) is 28.6. The third-order valence-electron chi connectivity index (χ3n) is 7.17. The van der Waals surface area contributed by atoms with Crippen LogP contribution >= 0.6 is 34.7 Å². The van der Waals surface area contributed by atoms with E-state index in [-0.39, 0.29) is 22.6 Å². The monoisotopic (exact) mass is 633 g/mol. The quantitative estimate of drug-likeness (QED) is 0.0678. The molecule has 220 valence electrons. The fraction of sp³-hybridized carbons (Fsp3) is 0.250. The number of Topliss-reactive ketones (excluding diaryl/α,β-unsaturated/α-hetero) is 1. The Kier molecular flexibility index (Phi) is 8.43. The van der Waals surface area contributed by atoms with E-state index >= 15 is 0 Å². The molecule has 1 fully saturated rings. The summed E-state index contributed by atoms with van der Waals surface area (Å²) >= 11 is 8.96. The van der Waals surface area contributed by atoms with Crippen molar-refractivity contribution in [2.24, 2.45) is 0 Å². The van der Waals surface area contributed by atoms with Crippen molar-refractivity contribution in [2.75, 3.05) is 11.5 Å². The number of hydrogen-bond acceptors (Lipinski definition) is 9. The van der Waals surface area contributed by atoms with Gasteiger partial charge in [0, 0.05) is 22.8 Å². The van der Waals surface area contributed by atoms with Crippen molar-refractivity contribution in [3.63, 3.8) is 0 Å². The molecule has 2 aliphatic rings. The molecule has 0 radical (unpaired) electrons. The Labute approximate surface area is 262 Å². The summed E-state index contributed by atoms with van der Waals surface area (Å²) < 4.78 is 12.3. The van der Waals surface area contributed by atoms with Gasteiger partial charge >= 0.3 is 5.91 Å². The summed E-state index contributed by atoms with van der Waals surface area (Å²) in [7, 11) is 0. The third-order valence-corrected chi connectivity index (χ3v) is 9.64. The number of aromatic nitrogens is 2. The highest BCUT2D eigenvalue weighted by Crippen LogP contribution is 2.45. The maximum Gasteiger partial charge on any atom is 0.301 e. The molecule has 3 aromatic carbocycles. The lowest BCUT2D eigenvalue weighted by Crippen LogP contribution is -2.29. The third kappa shape index (κ3) is 5.87. The smallest absolute Gasteiger partial charge is 0.301 e. The molecule has 0 bridgehead atoms. The Bertz CT molecular complexity index is 1740. The maximum absolute atomic E-state index is 13.7. The number of ether oxygens (including phenoxy) is 2. The van der Waals surface area contributed by atoms with Gasteiger partial charge < -0.3 is 14.6 Å². The van der Waals surface area contributed by atoms with Crippen LogP contribution < -0.4 is 14.4 Å². The second kappa shape index (κ2) is 12.4. The number of aliphatic hydroxyl groups excluding tert-OH is 1. The first-order valence-corrected chi connectivity index (χ1v) is 16.1. The molecule has 2 aliphatic heterocycles. The lowest BCUT2D eigenvalue weighted by molar-refractivity contribution is -0.132. The number of carbonyl (C=O) groups is 2. The Morgan fingerprint density at radius 3 is 2.79 bits per heavy atom. The highest BCUT2D eigenvalue weighted by Gasteiger charge is 2.48. The van der Waals surface area contributed by atoms with Crippen LogP contribution in [0.5, 0.6) is 11.5 Å². The van der Waals surface area contributed by atoms with Crippen LogP contribution in [0.1, 0.15) is 48.6 Å². The molecule has 0 aliphatic carbocycles. The Morgan fingerprint density at radius 2 is 1.98 bits per heavy atom. The molecule has 0 unspecified atom stereocenters. The molecular weight excluding hydrogens is 606 g/mol. The number of aliphatic hydroxyl groups is 1. The molecule has 0 saturated carbocycles. The van der Waals surface area contributed by atoms with E-state index in [1.54, 1.807) is 24.3 Å². The van der Waals surface area contributed by atoms with Gasteiger partial charge in [-0.15, -0.1) is 10.2 Å². The molecule has 4 aromatic rings. The van der Waals surface area contributed by atoms with Crippen LogP contribution in [0.3, 0.4) is 0 Å². The molecule has 1 aromatic heterocycles. The van der Waals surface area contributed by atoms with Crippen molar-refractivity contribution < 1.29 is 24.2 Å². The van der Waals surface area contributed by atoms with Gasteiger partial charge in [0.2, 0.25) is 5.13 Å². The number of benzene rings is 3. The number of rotatable bonds is 9. The van der Waals surface area contributed by atoms with Gasteiger partial charge in [-0.05, 0) is 66.4 Å². The summed E-state index contributed by atoms with van der Waals surface area (Å²) in [5.41, 5.74) is 2.90. The van der Waals surface area contributed by atoms with E-state index in [0.29, 0.717) is 45.0 Å². The molecule has 3 heterocycles. The number of ketones is 1. The molecule has 6 rings (SSSR count). The van der Waals surface area contributed by atoms with Crippen LogP contribution in [0.4, 0.5) is 5.13 Å². The molecule has 1 N–H and O–H groups in total. The predicted octanol–water partition coefficient (Wildman–Crippen LogP) is 7.22. The summed E-state index contributed by atoms with van der Waals surface area (Å²) in [6, 6.07) is 19.1. The first kappa shape index (κ1) is 29.2. The maximum atomic E-state index is 13.7. The fourth-order valence-electron chi connectivity index (χ4n) is 5.18. The van der Waals surface area contributed by atoms with Crippen molar-refractivity contribution >= 4 is 57.3 Å². The van der Waals surface area contributed by atoms with Gasteiger partial charge in [-0.25, -0.2) is 0 Å². The van der Waals surface area contributed by atoms with Crippen molar-refractivity contribution in [3.05, 3.63) is 99.6 Å². The number of nitrogens with zero attached hydrogens (tertiary/aromatic N) is 3. The predicted molar refractivity (Wildman–Crippen MR) is 168 cm³/mol. The number of carbonyl (C=O) groups excluding carboxylic acids is 2. The second-order valence-corrected chi connectivity index (χ2v) is 12.9. The summed E-state index contributed by atoms with van der Waals surface area (Å²) in [6.07, 6.45) is 1.53. The van der Waals surface area contributed by atoms with Crippen LogP contribution in [-0.4, -0.2) is 39.7 Å². The number of fused-ring (bicyclic) bond motifs is 1. The van der Waals surface area contributed by atoms with E-state index in [1.165, 1.54) is 28.0 Å². The van der Waals surface area contributed by atoms with Crippen LogP contribution in [-0.2, 0) is 21.8 Å². The first-order valence-electron chi connectivity index (χ1n) is 13.9. The van der Waals surface area contributed by atoms with Crippen molar-refractivity contribution in [1.82, 2.24) is 10.2 Å². The van der Waals surface area contributed by atoms with Crippen LogP contribution in [0, 0.1) is 0 Å². The second-order valence-electron chi connectivity index (χ2n) is 10.3. The minimum absolute atomic E-state index is 0.0196. The number of hydrogen-bond donors (Lipinski definition) is 1. The molecular formula is C32H28ClN3O5S2. The lowest BCUT2D eigenvalue weighted by Gasteiger charge is -2.23. The van der Waals surface area contributed by atoms with Crippen LogP contribution in [0.15, 0.2) is 76.6 Å². The number of halogens is 1. The molecule has 8 nitrogen and oxygen atoms in total. The van der Waals surface area contributed by atoms with Gasteiger partial charge in [0.25, 0.3) is 5.78 Å². The molecule has 11 heteroatoms. The molecule has 1 saturated heterocycles. The van der Waals surface area contributed by atoms with Crippen molar-refractivity contribution in [3.8, 4) is 11.5 Å². The molecule has 1 amide bonds. The van der Waals surface area contributed by atoms with Crippen molar-refractivity contribution in [1.29, 1.82) is 0 Å². The van der Waals surface area contributed by atoms with E-state index in [9.17, 15) is 14.7 Å². The van der Waals surface area contributed by atoms with Crippen LogP contribution in [0.2, 0.25) is 5.02 Å². The zero-order valence-corrected chi connectivity index (χ0v) is 25.8. The highest BCUT2D eigenvalue weighted by molar-refractivity contribution is 8.00. The topological polar surface area (TPSA) is 102 Å². The van der Waals surface area contributed by atoms with Gasteiger partial charge in [-0.3, -0.25) is 14.5 Å². The lowest BCUT2D eigenvalue weighted by atomic mass is 9.94. The van der Waals surface area contributed by atoms with E-state index in [4.69, 9.17) is 21.1 Å². The van der Waals surface area contributed by atoms with Gasteiger partial charge in [-0.1, -0.05) is 72.0 Å². The largest absolute Gasteiger partial charge is 0.507 e. The highest BCUT2D eigenvalue weighted by atomic mass is 35.5. The zero-order chi connectivity index (χ0) is 30.1. The Hall–Kier alpha value is -3.86. The summed E-state index contributed by atoms with van der Waals surface area (Å²) in [5, 5.41) is 21.1. The molecule has 0 spiro atoms. The standard InChI is InChI=1S/C32H28ClN3O5S2/c1-3-13-40-23-9-6-8-19(16-23)27-26(28(37)20-11-12-25-22(15-20)14-18(2)41-25)29(38)30(39)36(27)31-34-35-32(43-31)42-17-21-7-4-5-10-24(21)33/h4-12,15-16,18,27,37H,3,13-14,17H2,1-2H3/t18-,27+/m1/s1. The van der Waals surface area contributed by atoms with E-state index in [1.807, 2.05) is 56.3 Å². The average molecular weight is 634 g/mol. The first-order chi connectivity index (χ1) is 20.8. The summed E-state index contributed by atoms with van der Waals surface area (Å²) in [6.45, 7) is 4.50. The summed E-state index contributed by atoms with van der Waals surface area (Å²) in [5.74, 6) is 0.0650. The van der Waals surface area contributed by atoms with Crippen molar-refractivity contribution in [2.45, 2.75) is 48.9 Å². The van der Waals surface area contributed by atoms with Gasteiger partial charge in [0.1, 0.15) is 23.4 Å². The van der Waals surface area contributed by atoms with E-state index < -0.39 is 17.7 Å².